The average Bonchev–Trinajstić information content (AvgIpc) is 3.23. The third-order valence-electron chi connectivity index (χ3n) is 13.8. The van der Waals surface area contributed by atoms with Crippen molar-refractivity contribution in [2.75, 3.05) is 0 Å². The normalized spacial score (nSPS) is 47.7. The zero-order chi connectivity index (χ0) is 28.1. The summed E-state index contributed by atoms with van der Waals surface area (Å²) in [6.07, 6.45) is 13.5. The van der Waals surface area contributed by atoms with E-state index < -0.39 is 16.8 Å². The number of allylic oxidation sites excluding steroid dienone is 6. The van der Waals surface area contributed by atoms with Crippen molar-refractivity contribution < 1.29 is 14.7 Å². The molecule has 5 aliphatic carbocycles. The van der Waals surface area contributed by atoms with Crippen molar-refractivity contribution in [1.29, 1.82) is 0 Å². The number of carboxylic acid groups (broad SMARTS) is 1. The number of fused-ring (bicyclic) bond motifs is 7. The van der Waals surface area contributed by atoms with Crippen LogP contribution in [0.25, 0.3) is 0 Å². The van der Waals surface area contributed by atoms with E-state index >= 15 is 0 Å². The molecule has 0 radical (unpaired) electrons. The summed E-state index contributed by atoms with van der Waals surface area (Å²) in [5, 5.41) is 10.6. The van der Waals surface area contributed by atoms with Gasteiger partial charge in [-0.3, -0.25) is 9.59 Å². The van der Waals surface area contributed by atoms with E-state index in [9.17, 15) is 14.7 Å². The SMILES string of the molecule is C=C/C=C(\C)C1=CC(=O)[C@]2(C)[C@H]3CC[C@@H]4[C@H]5[C@H](C(=C)C)CC[C@]5(C(=O)O)CC[C@@]4(C)[C@]3(C)CC[C@H]2C1(C)C. The summed E-state index contributed by atoms with van der Waals surface area (Å²) in [5.41, 5.74) is 2.43. The van der Waals surface area contributed by atoms with E-state index in [1.54, 1.807) is 0 Å². The number of carbonyl (C=O) groups is 2. The molecule has 0 aromatic rings. The number of hydrogen-bond donors (Lipinski definition) is 1. The number of aliphatic carboxylic acids is 1. The van der Waals surface area contributed by atoms with Crippen molar-refractivity contribution in [2.24, 2.45) is 56.7 Å². The van der Waals surface area contributed by atoms with Gasteiger partial charge in [0.2, 0.25) is 0 Å². The second kappa shape index (κ2) is 8.55. The maximum absolute atomic E-state index is 14.3. The van der Waals surface area contributed by atoms with E-state index in [0.717, 1.165) is 62.5 Å². The van der Waals surface area contributed by atoms with Crippen LogP contribution in [-0.2, 0) is 9.59 Å². The third kappa shape index (κ3) is 3.20. The summed E-state index contributed by atoms with van der Waals surface area (Å²) >= 11 is 0. The monoisotopic (exact) mass is 518 g/mol. The van der Waals surface area contributed by atoms with Crippen molar-refractivity contribution in [3.8, 4) is 0 Å². The van der Waals surface area contributed by atoms with Crippen molar-refractivity contribution in [2.45, 2.75) is 99.8 Å². The van der Waals surface area contributed by atoms with Crippen molar-refractivity contribution in [3.63, 3.8) is 0 Å². The van der Waals surface area contributed by atoms with E-state index in [-0.39, 0.29) is 22.2 Å². The minimum atomic E-state index is -0.604. The quantitative estimate of drug-likeness (QED) is 0.299. The molecule has 0 aliphatic heterocycles. The fourth-order valence-corrected chi connectivity index (χ4v) is 11.8. The average molecular weight is 519 g/mol. The molecule has 9 atom stereocenters. The van der Waals surface area contributed by atoms with Gasteiger partial charge < -0.3 is 5.11 Å². The van der Waals surface area contributed by atoms with Gasteiger partial charge in [0.1, 0.15) is 0 Å². The van der Waals surface area contributed by atoms with Crippen LogP contribution in [0.2, 0.25) is 0 Å². The molecule has 38 heavy (non-hydrogen) atoms. The molecule has 1 N–H and O–H groups in total. The summed E-state index contributed by atoms with van der Waals surface area (Å²) in [4.78, 5) is 27.1. The molecule has 0 unspecified atom stereocenters. The van der Waals surface area contributed by atoms with Crippen LogP contribution >= 0.6 is 0 Å². The lowest BCUT2D eigenvalue weighted by atomic mass is 9.32. The lowest BCUT2D eigenvalue weighted by Crippen LogP contribution is -2.67. The van der Waals surface area contributed by atoms with Gasteiger partial charge in [-0.05, 0) is 128 Å². The van der Waals surface area contributed by atoms with Crippen molar-refractivity contribution >= 4 is 11.8 Å². The minimum absolute atomic E-state index is 0.0110. The smallest absolute Gasteiger partial charge is 0.309 e. The standard InChI is InChI=1S/C35H50O3/c1-10-11-22(4)25-20-28(36)34(9)26(31(25,5)6)15-16-33(8)27(34)13-12-24-29-23(21(2)3)14-17-35(29,30(37)38)19-18-32(24,33)7/h10-11,20,23-24,26-27,29H,1-2,12-19H2,3-9H3,(H,37,38)/b22-11+/t23-,24+,26-,27-,29+,32+,33+,34-,35-/m0/s1. The van der Waals surface area contributed by atoms with E-state index in [0.29, 0.717) is 29.5 Å². The van der Waals surface area contributed by atoms with Gasteiger partial charge in [0.25, 0.3) is 0 Å². The fraction of sp³-hybridized carbons (Fsp3) is 0.714. The Morgan fingerprint density at radius 3 is 2.24 bits per heavy atom. The molecule has 0 bridgehead atoms. The van der Waals surface area contributed by atoms with Crippen LogP contribution in [0, 0.1) is 56.7 Å². The minimum Gasteiger partial charge on any atom is -0.481 e. The molecule has 4 saturated carbocycles. The molecular weight excluding hydrogens is 468 g/mol. The maximum Gasteiger partial charge on any atom is 0.309 e. The Labute approximate surface area is 230 Å². The molecule has 0 aromatic carbocycles. The molecule has 0 amide bonds. The lowest BCUT2D eigenvalue weighted by Gasteiger charge is -2.71. The summed E-state index contributed by atoms with van der Waals surface area (Å²) < 4.78 is 0. The summed E-state index contributed by atoms with van der Waals surface area (Å²) in [7, 11) is 0. The number of carbonyl (C=O) groups excluding carboxylic acids is 1. The van der Waals surface area contributed by atoms with E-state index in [1.165, 1.54) is 5.57 Å². The van der Waals surface area contributed by atoms with Gasteiger partial charge in [-0.15, -0.1) is 0 Å². The third-order valence-corrected chi connectivity index (χ3v) is 13.8. The number of carboxylic acids is 1. The molecular formula is C35H50O3. The van der Waals surface area contributed by atoms with Gasteiger partial charge >= 0.3 is 5.97 Å². The highest BCUT2D eigenvalue weighted by atomic mass is 16.4. The molecule has 208 valence electrons. The molecule has 5 rings (SSSR count). The number of ketones is 1. The second-order valence-corrected chi connectivity index (χ2v) is 15.2. The summed E-state index contributed by atoms with van der Waals surface area (Å²) in [6, 6.07) is 0. The van der Waals surface area contributed by atoms with Crippen LogP contribution in [-0.4, -0.2) is 16.9 Å². The van der Waals surface area contributed by atoms with E-state index in [1.807, 2.05) is 18.2 Å². The highest BCUT2D eigenvalue weighted by Crippen LogP contribution is 2.77. The fourth-order valence-electron chi connectivity index (χ4n) is 11.8. The Morgan fingerprint density at radius 1 is 0.947 bits per heavy atom. The van der Waals surface area contributed by atoms with Gasteiger partial charge in [0.05, 0.1) is 5.41 Å². The van der Waals surface area contributed by atoms with Crippen LogP contribution in [0.15, 0.2) is 48.1 Å². The van der Waals surface area contributed by atoms with Crippen molar-refractivity contribution in [1.82, 2.24) is 0 Å². The topological polar surface area (TPSA) is 54.4 Å². The van der Waals surface area contributed by atoms with Crippen LogP contribution in [0.1, 0.15) is 99.8 Å². The summed E-state index contributed by atoms with van der Waals surface area (Å²) in [6.45, 7) is 24.4. The first-order valence-electron chi connectivity index (χ1n) is 15.1. The van der Waals surface area contributed by atoms with Crippen LogP contribution in [0.4, 0.5) is 0 Å². The van der Waals surface area contributed by atoms with Gasteiger partial charge in [0.15, 0.2) is 5.78 Å². The largest absolute Gasteiger partial charge is 0.481 e. The first-order valence-corrected chi connectivity index (χ1v) is 15.1. The number of hydrogen-bond acceptors (Lipinski definition) is 2. The molecule has 0 saturated heterocycles. The van der Waals surface area contributed by atoms with E-state index in [4.69, 9.17) is 0 Å². The highest BCUT2D eigenvalue weighted by molar-refractivity contribution is 5.98. The molecule has 0 aromatic heterocycles. The molecule has 3 nitrogen and oxygen atoms in total. The highest BCUT2D eigenvalue weighted by Gasteiger charge is 2.72. The molecule has 5 aliphatic rings. The Bertz CT molecular complexity index is 1150. The van der Waals surface area contributed by atoms with Gasteiger partial charge in [0, 0.05) is 5.41 Å². The maximum atomic E-state index is 14.3. The lowest BCUT2D eigenvalue weighted by molar-refractivity contribution is -0.225. The zero-order valence-corrected chi connectivity index (χ0v) is 25.0. The Balaban J connectivity index is 1.60. The zero-order valence-electron chi connectivity index (χ0n) is 25.0. The van der Waals surface area contributed by atoms with Crippen LogP contribution in [0.5, 0.6) is 0 Å². The first-order chi connectivity index (χ1) is 17.6. The predicted octanol–water partition coefficient (Wildman–Crippen LogP) is 8.58. The Hall–Kier alpha value is -1.90. The Kier molecular flexibility index (Phi) is 6.22. The molecule has 0 heterocycles. The van der Waals surface area contributed by atoms with Crippen LogP contribution < -0.4 is 0 Å². The predicted molar refractivity (Wildman–Crippen MR) is 154 cm³/mol. The van der Waals surface area contributed by atoms with Gasteiger partial charge in [-0.1, -0.05) is 65.5 Å². The molecule has 4 fully saturated rings. The van der Waals surface area contributed by atoms with Crippen molar-refractivity contribution in [3.05, 3.63) is 48.1 Å². The van der Waals surface area contributed by atoms with Crippen LogP contribution in [0.3, 0.4) is 0 Å². The second-order valence-electron chi connectivity index (χ2n) is 15.2. The van der Waals surface area contributed by atoms with Gasteiger partial charge in [-0.25, -0.2) is 0 Å². The first kappa shape index (κ1) is 27.7. The Morgan fingerprint density at radius 2 is 1.63 bits per heavy atom. The van der Waals surface area contributed by atoms with E-state index in [2.05, 4.69) is 61.6 Å². The van der Waals surface area contributed by atoms with Gasteiger partial charge in [-0.2, -0.15) is 0 Å². The molecule has 3 heteroatoms. The number of rotatable bonds is 4. The molecule has 0 spiro atoms. The summed E-state index contributed by atoms with van der Waals surface area (Å²) in [5.74, 6) is 1.16.